The van der Waals surface area contributed by atoms with Gasteiger partial charge in [-0.25, -0.2) is 0 Å². The molecule has 0 aromatic heterocycles. The van der Waals surface area contributed by atoms with E-state index in [1.807, 2.05) is 30.3 Å². The van der Waals surface area contributed by atoms with E-state index in [1.165, 1.54) is 6.42 Å². The lowest BCUT2D eigenvalue weighted by molar-refractivity contribution is 0.0376. The van der Waals surface area contributed by atoms with Crippen molar-refractivity contribution in [1.82, 2.24) is 9.80 Å². The van der Waals surface area contributed by atoms with Crippen molar-refractivity contribution in [3.8, 4) is 0 Å². The highest BCUT2D eigenvalue weighted by molar-refractivity contribution is 5.18. The van der Waals surface area contributed by atoms with Crippen LogP contribution >= 0.6 is 0 Å². The Morgan fingerprint density at radius 3 is 2.58 bits per heavy atom. The molecule has 0 amide bonds. The number of likely N-dealkylation sites (N-methyl/N-ethyl adjacent to an activating group) is 1. The number of aliphatic hydroxyl groups excluding tert-OH is 1. The highest BCUT2D eigenvalue weighted by atomic mass is 16.3. The van der Waals surface area contributed by atoms with Gasteiger partial charge < -0.3 is 10.0 Å². The van der Waals surface area contributed by atoms with Gasteiger partial charge in [0.05, 0.1) is 6.10 Å². The molecule has 1 fully saturated rings. The maximum absolute atomic E-state index is 10.6. The van der Waals surface area contributed by atoms with E-state index in [0.29, 0.717) is 6.04 Å². The Labute approximate surface area is 116 Å². The molecular formula is C16H26N2O. The zero-order chi connectivity index (χ0) is 13.8. The molecule has 0 radical (unpaired) electrons. The Kier molecular flexibility index (Phi) is 4.97. The fourth-order valence-corrected chi connectivity index (χ4v) is 3.11. The van der Waals surface area contributed by atoms with Crippen molar-refractivity contribution < 1.29 is 5.11 Å². The first-order chi connectivity index (χ1) is 9.09. The van der Waals surface area contributed by atoms with E-state index in [1.54, 1.807) is 0 Å². The average Bonchev–Trinajstić information content (AvgIpc) is 2.58. The summed E-state index contributed by atoms with van der Waals surface area (Å²) >= 11 is 0. The molecule has 1 aliphatic heterocycles. The summed E-state index contributed by atoms with van der Waals surface area (Å²) in [4.78, 5) is 4.83. The molecule has 0 bridgehead atoms. The van der Waals surface area contributed by atoms with Gasteiger partial charge in [-0.1, -0.05) is 30.3 Å². The Morgan fingerprint density at radius 2 is 1.89 bits per heavy atom. The fourth-order valence-electron chi connectivity index (χ4n) is 3.11. The molecule has 0 aliphatic carbocycles. The quantitative estimate of drug-likeness (QED) is 0.904. The number of hydrogen-bond acceptors (Lipinski definition) is 3. The van der Waals surface area contributed by atoms with Gasteiger partial charge in [0.15, 0.2) is 0 Å². The van der Waals surface area contributed by atoms with Gasteiger partial charge in [-0.3, -0.25) is 4.90 Å². The summed E-state index contributed by atoms with van der Waals surface area (Å²) in [6.45, 7) is 7.69. The molecule has 1 saturated heterocycles. The molecule has 1 heterocycles. The summed E-state index contributed by atoms with van der Waals surface area (Å²) in [5.41, 5.74) is 1.01. The predicted octanol–water partition coefficient (Wildman–Crippen LogP) is 2.13. The summed E-state index contributed by atoms with van der Waals surface area (Å²) in [5.74, 6) is 0. The highest BCUT2D eigenvalue weighted by Gasteiger charge is 2.28. The second-order valence-electron chi connectivity index (χ2n) is 5.80. The van der Waals surface area contributed by atoms with Crippen LogP contribution in [0.1, 0.15) is 31.9 Å². The average molecular weight is 262 g/mol. The van der Waals surface area contributed by atoms with Gasteiger partial charge in [0.1, 0.15) is 0 Å². The third kappa shape index (κ3) is 3.56. The Hall–Kier alpha value is -0.900. The topological polar surface area (TPSA) is 26.7 Å². The van der Waals surface area contributed by atoms with Crippen molar-refractivity contribution >= 4 is 0 Å². The molecule has 1 aromatic rings. The van der Waals surface area contributed by atoms with Crippen LogP contribution in [0.25, 0.3) is 0 Å². The number of rotatable bonds is 3. The first kappa shape index (κ1) is 14.5. The number of aliphatic hydroxyl groups is 1. The van der Waals surface area contributed by atoms with Crippen LogP contribution in [0.3, 0.4) is 0 Å². The van der Waals surface area contributed by atoms with E-state index in [9.17, 15) is 5.11 Å². The van der Waals surface area contributed by atoms with Crippen LogP contribution in [0.4, 0.5) is 0 Å². The standard InChI is InChI=1S/C16H26N2O/c1-13-12-17(3)10-7-11-18(13)14(2)16(19)15-8-5-4-6-9-15/h4-6,8-9,13-14,16,19H,7,10-12H2,1-3H3. The van der Waals surface area contributed by atoms with Crippen LogP contribution < -0.4 is 0 Å². The monoisotopic (exact) mass is 262 g/mol. The number of nitrogens with zero attached hydrogens (tertiary/aromatic N) is 2. The molecule has 106 valence electrons. The molecule has 1 aliphatic rings. The zero-order valence-electron chi connectivity index (χ0n) is 12.3. The maximum atomic E-state index is 10.6. The molecule has 19 heavy (non-hydrogen) atoms. The van der Waals surface area contributed by atoms with E-state index in [2.05, 4.69) is 30.7 Å². The predicted molar refractivity (Wildman–Crippen MR) is 79.1 cm³/mol. The molecule has 3 nitrogen and oxygen atoms in total. The fraction of sp³-hybridized carbons (Fsp3) is 0.625. The minimum Gasteiger partial charge on any atom is -0.387 e. The van der Waals surface area contributed by atoms with Crippen molar-refractivity contribution in [2.45, 2.75) is 38.5 Å². The van der Waals surface area contributed by atoms with Crippen LogP contribution in [0, 0.1) is 0 Å². The van der Waals surface area contributed by atoms with Gasteiger partial charge in [-0.05, 0) is 39.4 Å². The molecule has 3 atom stereocenters. The maximum Gasteiger partial charge on any atom is 0.0942 e. The molecular weight excluding hydrogens is 236 g/mol. The Morgan fingerprint density at radius 1 is 1.21 bits per heavy atom. The summed E-state index contributed by atoms with van der Waals surface area (Å²) in [6.07, 6.45) is 0.763. The van der Waals surface area contributed by atoms with E-state index in [-0.39, 0.29) is 6.04 Å². The first-order valence-electron chi connectivity index (χ1n) is 7.27. The molecule has 3 heteroatoms. The summed E-state index contributed by atoms with van der Waals surface area (Å²) in [7, 11) is 2.18. The van der Waals surface area contributed by atoms with Gasteiger partial charge in [0.2, 0.25) is 0 Å². The summed E-state index contributed by atoms with van der Waals surface area (Å²) < 4.78 is 0. The molecule has 1 aromatic carbocycles. The third-order valence-electron chi connectivity index (χ3n) is 4.22. The van der Waals surface area contributed by atoms with E-state index in [4.69, 9.17) is 0 Å². The van der Waals surface area contributed by atoms with Gasteiger partial charge in [0.25, 0.3) is 0 Å². The van der Waals surface area contributed by atoms with Crippen LogP contribution in [0.2, 0.25) is 0 Å². The van der Waals surface area contributed by atoms with Crippen molar-refractivity contribution in [3.63, 3.8) is 0 Å². The normalized spacial score (nSPS) is 25.8. The number of benzene rings is 1. The molecule has 0 spiro atoms. The van der Waals surface area contributed by atoms with Crippen LogP contribution in [-0.2, 0) is 0 Å². The van der Waals surface area contributed by atoms with Crippen LogP contribution in [-0.4, -0.2) is 53.7 Å². The zero-order valence-corrected chi connectivity index (χ0v) is 12.3. The molecule has 2 rings (SSSR count). The van der Waals surface area contributed by atoms with Gasteiger partial charge in [-0.15, -0.1) is 0 Å². The molecule has 0 saturated carbocycles. The summed E-state index contributed by atoms with van der Waals surface area (Å²) in [6, 6.07) is 10.6. The lowest BCUT2D eigenvalue weighted by atomic mass is 10.0. The van der Waals surface area contributed by atoms with Gasteiger partial charge in [-0.2, -0.15) is 0 Å². The first-order valence-corrected chi connectivity index (χ1v) is 7.27. The van der Waals surface area contributed by atoms with Crippen molar-refractivity contribution in [2.75, 3.05) is 26.7 Å². The van der Waals surface area contributed by atoms with Crippen LogP contribution in [0.15, 0.2) is 30.3 Å². The van der Waals surface area contributed by atoms with Gasteiger partial charge >= 0.3 is 0 Å². The highest BCUT2D eigenvalue weighted by Crippen LogP contribution is 2.23. The second-order valence-corrected chi connectivity index (χ2v) is 5.80. The SMILES string of the molecule is CC1CN(C)CCCN1C(C)C(O)c1ccccc1. The lowest BCUT2D eigenvalue weighted by Gasteiger charge is -2.36. The second kappa shape index (κ2) is 6.51. The Balaban J connectivity index is 2.07. The smallest absolute Gasteiger partial charge is 0.0942 e. The lowest BCUT2D eigenvalue weighted by Crippen LogP contribution is -2.45. The van der Waals surface area contributed by atoms with E-state index < -0.39 is 6.10 Å². The number of hydrogen-bond donors (Lipinski definition) is 1. The third-order valence-corrected chi connectivity index (χ3v) is 4.22. The van der Waals surface area contributed by atoms with E-state index in [0.717, 1.165) is 25.2 Å². The minimum absolute atomic E-state index is 0.156. The van der Waals surface area contributed by atoms with E-state index >= 15 is 0 Å². The minimum atomic E-state index is -0.410. The van der Waals surface area contributed by atoms with Crippen molar-refractivity contribution in [3.05, 3.63) is 35.9 Å². The molecule has 1 N–H and O–H groups in total. The van der Waals surface area contributed by atoms with Crippen molar-refractivity contribution in [2.24, 2.45) is 0 Å². The van der Waals surface area contributed by atoms with Gasteiger partial charge in [0, 0.05) is 25.2 Å². The van der Waals surface area contributed by atoms with Crippen LogP contribution in [0.5, 0.6) is 0 Å². The molecule has 3 unspecified atom stereocenters. The van der Waals surface area contributed by atoms with Crippen molar-refractivity contribution in [1.29, 1.82) is 0 Å². The largest absolute Gasteiger partial charge is 0.387 e. The summed E-state index contributed by atoms with van der Waals surface area (Å²) in [5, 5.41) is 10.6. The Bertz CT molecular complexity index is 382.